The monoisotopic (exact) mass is 360 g/mol. The fourth-order valence-electron chi connectivity index (χ4n) is 2.59. The van der Waals surface area contributed by atoms with Gasteiger partial charge in [0.15, 0.2) is 5.69 Å². The van der Waals surface area contributed by atoms with Crippen LogP contribution in [0.5, 0.6) is 11.5 Å². The molecule has 2 heterocycles. The standard InChI is InChI=1S/C20H12N2O5/c23-18-15-8-4-5-9-16(15)19(24)22(18)27-20(25)17-12-14(10-11-21-17)26-13-6-2-1-3-7-13/h1-12H. The minimum atomic E-state index is -0.942. The Morgan fingerprint density at radius 3 is 2.11 bits per heavy atom. The van der Waals surface area contributed by atoms with Crippen LogP contribution in [0.15, 0.2) is 72.9 Å². The fourth-order valence-corrected chi connectivity index (χ4v) is 2.59. The summed E-state index contributed by atoms with van der Waals surface area (Å²) in [6.07, 6.45) is 1.37. The number of imide groups is 1. The molecule has 3 aromatic rings. The molecule has 0 saturated carbocycles. The number of para-hydroxylation sites is 1. The van der Waals surface area contributed by atoms with Crippen LogP contribution < -0.4 is 4.74 Å². The van der Waals surface area contributed by atoms with E-state index in [0.29, 0.717) is 16.6 Å². The summed E-state index contributed by atoms with van der Waals surface area (Å²) in [6.45, 7) is 0. The molecule has 1 aliphatic heterocycles. The normalized spacial score (nSPS) is 12.7. The summed E-state index contributed by atoms with van der Waals surface area (Å²) in [5.41, 5.74) is 0.272. The highest BCUT2D eigenvalue weighted by molar-refractivity contribution is 6.21. The van der Waals surface area contributed by atoms with Crippen molar-refractivity contribution in [1.29, 1.82) is 0 Å². The van der Waals surface area contributed by atoms with Crippen molar-refractivity contribution in [2.45, 2.75) is 0 Å². The predicted molar refractivity (Wildman–Crippen MR) is 93.1 cm³/mol. The molecule has 132 valence electrons. The van der Waals surface area contributed by atoms with E-state index in [4.69, 9.17) is 9.57 Å². The van der Waals surface area contributed by atoms with Crippen LogP contribution in [0.25, 0.3) is 0 Å². The molecule has 0 N–H and O–H groups in total. The number of nitrogens with zero attached hydrogens (tertiary/aromatic N) is 2. The summed E-state index contributed by atoms with van der Waals surface area (Å²) >= 11 is 0. The second-order valence-corrected chi connectivity index (χ2v) is 5.62. The van der Waals surface area contributed by atoms with Gasteiger partial charge in [-0.05, 0) is 30.3 Å². The average molecular weight is 360 g/mol. The van der Waals surface area contributed by atoms with Gasteiger partial charge in [-0.1, -0.05) is 35.4 Å². The Bertz CT molecular complexity index is 1010. The lowest BCUT2D eigenvalue weighted by Gasteiger charge is -2.12. The molecule has 2 aromatic carbocycles. The van der Waals surface area contributed by atoms with E-state index in [1.165, 1.54) is 24.4 Å². The molecular weight excluding hydrogens is 348 g/mol. The Morgan fingerprint density at radius 2 is 1.44 bits per heavy atom. The highest BCUT2D eigenvalue weighted by atomic mass is 16.7. The van der Waals surface area contributed by atoms with Crippen LogP contribution in [-0.2, 0) is 4.84 Å². The van der Waals surface area contributed by atoms with Gasteiger partial charge < -0.3 is 9.57 Å². The van der Waals surface area contributed by atoms with E-state index in [9.17, 15) is 14.4 Å². The Kier molecular flexibility index (Phi) is 4.10. The van der Waals surface area contributed by atoms with Crippen molar-refractivity contribution in [1.82, 2.24) is 10.0 Å². The molecule has 0 fully saturated rings. The number of hydroxylamine groups is 2. The maximum Gasteiger partial charge on any atom is 0.382 e. The fraction of sp³-hybridized carbons (Fsp3) is 0. The van der Waals surface area contributed by atoms with Crippen LogP contribution in [0.3, 0.4) is 0 Å². The number of ether oxygens (including phenoxy) is 1. The highest BCUT2D eigenvalue weighted by Gasteiger charge is 2.39. The molecule has 0 saturated heterocycles. The number of fused-ring (bicyclic) bond motifs is 1. The van der Waals surface area contributed by atoms with Gasteiger partial charge in [0, 0.05) is 12.3 Å². The Hall–Kier alpha value is -4.00. The minimum Gasteiger partial charge on any atom is -0.457 e. The first-order valence-corrected chi connectivity index (χ1v) is 8.02. The van der Waals surface area contributed by atoms with Crippen LogP contribution in [-0.4, -0.2) is 27.8 Å². The summed E-state index contributed by atoms with van der Waals surface area (Å²) in [5, 5.41) is 0.444. The number of pyridine rings is 1. The van der Waals surface area contributed by atoms with E-state index in [1.807, 2.05) is 18.2 Å². The molecule has 1 aromatic heterocycles. The number of rotatable bonds is 4. The largest absolute Gasteiger partial charge is 0.457 e. The first-order valence-electron chi connectivity index (χ1n) is 8.02. The van der Waals surface area contributed by atoms with Crippen LogP contribution >= 0.6 is 0 Å². The van der Waals surface area contributed by atoms with Gasteiger partial charge in [-0.15, -0.1) is 0 Å². The molecule has 0 unspecified atom stereocenters. The van der Waals surface area contributed by atoms with Crippen molar-refractivity contribution in [2.24, 2.45) is 0 Å². The minimum absolute atomic E-state index is 0.0972. The molecule has 7 heteroatoms. The third-order valence-corrected chi connectivity index (χ3v) is 3.85. The number of hydrogen-bond acceptors (Lipinski definition) is 6. The van der Waals surface area contributed by atoms with E-state index in [2.05, 4.69) is 4.98 Å². The lowest BCUT2D eigenvalue weighted by Crippen LogP contribution is -2.32. The zero-order valence-electron chi connectivity index (χ0n) is 13.9. The van der Waals surface area contributed by atoms with Crippen molar-refractivity contribution in [3.05, 3.63) is 89.7 Å². The number of carbonyl (C=O) groups excluding carboxylic acids is 3. The first kappa shape index (κ1) is 16.5. The third-order valence-electron chi connectivity index (χ3n) is 3.85. The summed E-state index contributed by atoms with van der Waals surface area (Å²) in [7, 11) is 0. The van der Waals surface area contributed by atoms with Gasteiger partial charge in [0.05, 0.1) is 11.1 Å². The van der Waals surface area contributed by atoms with Crippen molar-refractivity contribution >= 4 is 17.8 Å². The van der Waals surface area contributed by atoms with Crippen molar-refractivity contribution in [3.8, 4) is 11.5 Å². The molecule has 27 heavy (non-hydrogen) atoms. The van der Waals surface area contributed by atoms with Gasteiger partial charge in [0.25, 0.3) is 11.8 Å². The van der Waals surface area contributed by atoms with Crippen LogP contribution in [0, 0.1) is 0 Å². The molecule has 0 radical (unpaired) electrons. The molecule has 0 spiro atoms. The molecule has 7 nitrogen and oxygen atoms in total. The van der Waals surface area contributed by atoms with E-state index in [1.54, 1.807) is 30.3 Å². The average Bonchev–Trinajstić information content (AvgIpc) is 2.94. The number of aromatic nitrogens is 1. The summed E-state index contributed by atoms with van der Waals surface area (Å²) < 4.78 is 5.64. The maximum atomic E-state index is 12.4. The Balaban J connectivity index is 1.52. The van der Waals surface area contributed by atoms with Crippen LogP contribution in [0.4, 0.5) is 0 Å². The molecule has 4 rings (SSSR count). The zero-order valence-corrected chi connectivity index (χ0v) is 13.9. The van der Waals surface area contributed by atoms with Crippen molar-refractivity contribution in [2.75, 3.05) is 0 Å². The van der Waals surface area contributed by atoms with Gasteiger partial charge in [0.2, 0.25) is 0 Å². The van der Waals surface area contributed by atoms with Gasteiger partial charge in [-0.2, -0.15) is 0 Å². The van der Waals surface area contributed by atoms with Gasteiger partial charge in [0.1, 0.15) is 11.5 Å². The lowest BCUT2D eigenvalue weighted by atomic mass is 10.1. The summed E-state index contributed by atoms with van der Waals surface area (Å²) in [4.78, 5) is 45.8. The first-order chi connectivity index (χ1) is 13.1. The molecule has 0 atom stereocenters. The van der Waals surface area contributed by atoms with Gasteiger partial charge in [-0.3, -0.25) is 9.59 Å². The SMILES string of the molecule is O=C(ON1C(=O)c2ccccc2C1=O)c1cc(Oc2ccccc2)ccn1. The molecule has 1 aliphatic rings. The van der Waals surface area contributed by atoms with E-state index >= 15 is 0 Å². The predicted octanol–water partition coefficient (Wildman–Crippen LogP) is 3.24. The van der Waals surface area contributed by atoms with Gasteiger partial charge >= 0.3 is 5.97 Å². The van der Waals surface area contributed by atoms with Crippen LogP contribution in [0.1, 0.15) is 31.2 Å². The molecule has 0 aliphatic carbocycles. The zero-order chi connectivity index (χ0) is 18.8. The maximum absolute atomic E-state index is 12.4. The second-order valence-electron chi connectivity index (χ2n) is 5.62. The molecule has 0 bridgehead atoms. The van der Waals surface area contributed by atoms with Gasteiger partial charge in [-0.25, -0.2) is 9.78 Å². The smallest absolute Gasteiger partial charge is 0.382 e. The number of hydrogen-bond donors (Lipinski definition) is 0. The summed E-state index contributed by atoms with van der Waals surface area (Å²) in [5.74, 6) is -1.38. The van der Waals surface area contributed by atoms with Crippen LogP contribution in [0.2, 0.25) is 0 Å². The van der Waals surface area contributed by atoms with E-state index in [0.717, 1.165) is 0 Å². The van der Waals surface area contributed by atoms with Crippen molar-refractivity contribution in [3.63, 3.8) is 0 Å². The lowest BCUT2D eigenvalue weighted by molar-refractivity contribution is -0.0588. The highest BCUT2D eigenvalue weighted by Crippen LogP contribution is 2.24. The number of carbonyl (C=O) groups is 3. The van der Waals surface area contributed by atoms with E-state index < -0.39 is 17.8 Å². The number of amides is 2. The van der Waals surface area contributed by atoms with E-state index in [-0.39, 0.29) is 16.8 Å². The topological polar surface area (TPSA) is 85.8 Å². The third kappa shape index (κ3) is 3.13. The number of benzene rings is 2. The summed E-state index contributed by atoms with van der Waals surface area (Å²) in [6, 6.07) is 18.2. The molecular formula is C20H12N2O5. The quantitative estimate of drug-likeness (QED) is 0.664. The van der Waals surface area contributed by atoms with Crippen molar-refractivity contribution < 1.29 is 24.0 Å². The molecule has 2 amide bonds. The Morgan fingerprint density at radius 1 is 0.815 bits per heavy atom. The Labute approximate surface area is 153 Å². The second kappa shape index (κ2) is 6.72.